The van der Waals surface area contributed by atoms with Crippen molar-refractivity contribution >= 4 is 12.2 Å². The van der Waals surface area contributed by atoms with E-state index in [1.807, 2.05) is 20.8 Å². The van der Waals surface area contributed by atoms with Crippen LogP contribution in [0.5, 0.6) is 0 Å². The van der Waals surface area contributed by atoms with Crippen molar-refractivity contribution in [3.8, 4) is 0 Å². The van der Waals surface area contributed by atoms with Gasteiger partial charge in [0.05, 0.1) is 6.61 Å². The van der Waals surface area contributed by atoms with E-state index in [4.69, 9.17) is 14.2 Å². The highest BCUT2D eigenvalue weighted by molar-refractivity contribution is 5.68. The van der Waals surface area contributed by atoms with E-state index in [1.54, 1.807) is 0 Å². The summed E-state index contributed by atoms with van der Waals surface area (Å²) in [6, 6.07) is -0.0131. The van der Waals surface area contributed by atoms with Crippen LogP contribution in [0.15, 0.2) is 0 Å². The number of hydrogen-bond acceptors (Lipinski definition) is 5. The van der Waals surface area contributed by atoms with Crippen LogP contribution in [0.2, 0.25) is 0 Å². The Hall–Kier alpha value is -1.46. The highest BCUT2D eigenvalue weighted by Crippen LogP contribution is 2.25. The molecule has 1 N–H and O–H groups in total. The van der Waals surface area contributed by atoms with Gasteiger partial charge in [-0.15, -0.1) is 0 Å². The van der Waals surface area contributed by atoms with Crippen molar-refractivity contribution < 1.29 is 23.8 Å². The Morgan fingerprint density at radius 1 is 0.824 bits per heavy atom. The van der Waals surface area contributed by atoms with Gasteiger partial charge in [-0.1, -0.05) is 90.9 Å². The maximum absolute atomic E-state index is 12.2. The number of carbonyl (C=O) groups excluding carboxylic acids is 2. The van der Waals surface area contributed by atoms with E-state index in [0.29, 0.717) is 25.4 Å². The minimum absolute atomic E-state index is 0.0131. The van der Waals surface area contributed by atoms with Gasteiger partial charge in [0, 0.05) is 18.9 Å². The molecule has 0 aromatic carbocycles. The lowest BCUT2D eigenvalue weighted by atomic mass is 9.89. The van der Waals surface area contributed by atoms with Gasteiger partial charge in [-0.3, -0.25) is 0 Å². The molecule has 200 valence electrons. The molecule has 0 heterocycles. The molecule has 0 aromatic rings. The summed E-state index contributed by atoms with van der Waals surface area (Å²) < 4.78 is 16.2. The van der Waals surface area contributed by atoms with Crippen molar-refractivity contribution in [2.75, 3.05) is 6.61 Å². The van der Waals surface area contributed by atoms with Gasteiger partial charge in [-0.25, -0.2) is 9.59 Å². The van der Waals surface area contributed by atoms with Gasteiger partial charge in [0.2, 0.25) is 0 Å². The van der Waals surface area contributed by atoms with Crippen molar-refractivity contribution in [2.45, 2.75) is 155 Å². The normalized spacial score (nSPS) is 17.8. The van der Waals surface area contributed by atoms with E-state index in [1.165, 1.54) is 77.0 Å². The number of amides is 1. The average molecular weight is 484 g/mol. The second-order valence-corrected chi connectivity index (χ2v) is 11.1. The molecule has 1 fully saturated rings. The van der Waals surface area contributed by atoms with Crippen LogP contribution in [0.25, 0.3) is 0 Å². The van der Waals surface area contributed by atoms with Crippen molar-refractivity contribution in [3.63, 3.8) is 0 Å². The second-order valence-electron chi connectivity index (χ2n) is 11.1. The predicted octanol–water partition coefficient (Wildman–Crippen LogP) is 8.31. The summed E-state index contributed by atoms with van der Waals surface area (Å²) >= 11 is 0. The fourth-order valence-corrected chi connectivity index (χ4v) is 4.35. The molecule has 0 aromatic heterocycles. The molecule has 34 heavy (non-hydrogen) atoms. The molecule has 0 saturated heterocycles. The molecule has 0 bridgehead atoms. The zero-order valence-electron chi connectivity index (χ0n) is 22.8. The van der Waals surface area contributed by atoms with E-state index in [0.717, 1.165) is 12.8 Å². The Morgan fingerprint density at radius 3 is 1.82 bits per heavy atom. The Labute approximate surface area is 209 Å². The minimum Gasteiger partial charge on any atom is -0.444 e. The van der Waals surface area contributed by atoms with E-state index in [-0.39, 0.29) is 12.1 Å². The van der Waals surface area contributed by atoms with Crippen LogP contribution in [-0.4, -0.2) is 36.6 Å². The predicted molar refractivity (Wildman–Crippen MR) is 138 cm³/mol. The number of unbranched alkanes of at least 4 members (excludes halogenated alkanes) is 10. The molecule has 6 nitrogen and oxygen atoms in total. The molecule has 0 spiro atoms. The molecule has 1 aliphatic rings. The Balaban J connectivity index is 2.25. The largest absolute Gasteiger partial charge is 0.508 e. The van der Waals surface area contributed by atoms with Gasteiger partial charge in [0.25, 0.3) is 0 Å². The first-order valence-corrected chi connectivity index (χ1v) is 14.1. The first-order chi connectivity index (χ1) is 16.2. The van der Waals surface area contributed by atoms with Gasteiger partial charge in [0.1, 0.15) is 11.7 Å². The summed E-state index contributed by atoms with van der Waals surface area (Å²) in [7, 11) is 0. The third kappa shape index (κ3) is 16.2. The summed E-state index contributed by atoms with van der Waals surface area (Å²) in [5.74, 6) is 0.424. The number of ether oxygens (including phenoxy) is 3. The Kier molecular flexibility index (Phi) is 16.1. The fourth-order valence-electron chi connectivity index (χ4n) is 4.35. The molecule has 0 aliphatic heterocycles. The number of rotatable bonds is 18. The topological polar surface area (TPSA) is 73.9 Å². The van der Waals surface area contributed by atoms with Crippen LogP contribution in [0, 0.1) is 5.92 Å². The molecule has 1 rings (SSSR count). The lowest BCUT2D eigenvalue weighted by molar-refractivity contribution is -0.0234. The fraction of sp³-hybridized carbons (Fsp3) is 0.929. The molecule has 1 saturated carbocycles. The van der Waals surface area contributed by atoms with Gasteiger partial charge < -0.3 is 19.5 Å². The van der Waals surface area contributed by atoms with E-state index in [9.17, 15) is 9.59 Å². The van der Waals surface area contributed by atoms with Crippen molar-refractivity contribution in [2.24, 2.45) is 5.92 Å². The molecule has 6 heteroatoms. The average Bonchev–Trinajstić information content (AvgIpc) is 2.73. The number of hydrogen-bond donors (Lipinski definition) is 1. The second kappa shape index (κ2) is 17.9. The summed E-state index contributed by atoms with van der Waals surface area (Å²) in [5.41, 5.74) is -0.519. The summed E-state index contributed by atoms with van der Waals surface area (Å²) in [6.45, 7) is 10.4. The molecule has 1 amide bonds. The van der Waals surface area contributed by atoms with Crippen LogP contribution in [-0.2, 0) is 14.2 Å². The lowest BCUT2D eigenvalue weighted by Crippen LogP contribution is -2.49. The van der Waals surface area contributed by atoms with Crippen LogP contribution in [0.3, 0.4) is 0 Å². The van der Waals surface area contributed by atoms with Gasteiger partial charge >= 0.3 is 12.2 Å². The lowest BCUT2D eigenvalue weighted by Gasteiger charge is -2.35. The van der Waals surface area contributed by atoms with E-state index < -0.39 is 17.8 Å². The zero-order chi connectivity index (χ0) is 25.2. The number of nitrogens with one attached hydrogen (secondary N) is 1. The van der Waals surface area contributed by atoms with Crippen molar-refractivity contribution in [3.05, 3.63) is 0 Å². The monoisotopic (exact) mass is 483 g/mol. The molecule has 1 aliphatic carbocycles. The summed E-state index contributed by atoms with van der Waals surface area (Å²) in [4.78, 5) is 24.0. The van der Waals surface area contributed by atoms with E-state index >= 15 is 0 Å². The first-order valence-electron chi connectivity index (χ1n) is 14.1. The molecular formula is C28H53NO5. The maximum Gasteiger partial charge on any atom is 0.508 e. The van der Waals surface area contributed by atoms with Crippen molar-refractivity contribution in [1.29, 1.82) is 0 Å². The van der Waals surface area contributed by atoms with Gasteiger partial charge in [-0.05, 0) is 39.5 Å². The zero-order valence-corrected chi connectivity index (χ0v) is 22.8. The Bertz CT molecular complexity index is 523. The molecule has 0 radical (unpaired) electrons. The van der Waals surface area contributed by atoms with E-state index in [2.05, 4.69) is 19.2 Å². The Morgan fingerprint density at radius 2 is 1.32 bits per heavy atom. The number of carbonyl (C=O) groups is 2. The minimum atomic E-state index is -0.573. The molecular weight excluding hydrogens is 430 g/mol. The standard InChI is InChI=1S/C28H53NO5/c1-6-8-10-12-14-16-18-23(19-17-15-13-11-9-7-2)22-32-27(31)33-25-20-24(21-25)29-26(30)34-28(3,4)5/h23-25H,6-22H2,1-5H3,(H,29,30). The number of alkyl carbamates (subject to hydrolysis) is 1. The van der Waals surface area contributed by atoms with Gasteiger partial charge in [0.15, 0.2) is 0 Å². The van der Waals surface area contributed by atoms with Crippen LogP contribution in [0.4, 0.5) is 9.59 Å². The first kappa shape index (κ1) is 30.6. The molecule has 0 unspecified atom stereocenters. The molecule has 0 atom stereocenters. The maximum atomic E-state index is 12.2. The van der Waals surface area contributed by atoms with Crippen molar-refractivity contribution in [1.82, 2.24) is 5.32 Å². The van der Waals surface area contributed by atoms with Gasteiger partial charge in [-0.2, -0.15) is 0 Å². The summed E-state index contributed by atoms with van der Waals surface area (Å²) in [5, 5.41) is 2.82. The quantitative estimate of drug-likeness (QED) is 0.157. The third-order valence-electron chi connectivity index (χ3n) is 6.45. The highest BCUT2D eigenvalue weighted by atomic mass is 16.7. The summed E-state index contributed by atoms with van der Waals surface area (Å²) in [6.07, 6.45) is 17.7. The SMILES string of the molecule is CCCCCCCCC(CCCCCCCC)COC(=O)OC1CC(NC(=O)OC(C)(C)C)C1. The van der Waals surface area contributed by atoms with Crippen LogP contribution >= 0.6 is 0 Å². The third-order valence-corrected chi connectivity index (χ3v) is 6.45. The van der Waals surface area contributed by atoms with Crippen LogP contribution < -0.4 is 5.32 Å². The van der Waals surface area contributed by atoms with Crippen LogP contribution in [0.1, 0.15) is 137 Å². The smallest absolute Gasteiger partial charge is 0.444 e. The highest BCUT2D eigenvalue weighted by Gasteiger charge is 2.34.